The molecule has 5 aromatic carbocycles. The average molecular weight is 1140 g/mol. The molecule has 0 bridgehead atoms. The minimum atomic E-state index is -0.572. The third-order valence-electron chi connectivity index (χ3n) is 9.21. The molecular formula is C51H39BrCl3N7O7S3. The summed E-state index contributed by atoms with van der Waals surface area (Å²) in [5.74, 6) is -0.169. The predicted octanol–water partition coefficient (Wildman–Crippen LogP) is 10.9. The molecule has 0 saturated carbocycles. The number of nitrogens with two attached hydrogens (primary N) is 2. The first kappa shape index (κ1) is 54.6. The van der Waals surface area contributed by atoms with Crippen molar-refractivity contribution in [3.8, 4) is 22.2 Å². The van der Waals surface area contributed by atoms with Crippen LogP contribution in [-0.4, -0.2) is 50.5 Å². The Bertz CT molecular complexity index is 3210. The summed E-state index contributed by atoms with van der Waals surface area (Å²) in [5, 5.41) is 28.3. The zero-order chi connectivity index (χ0) is 51.4. The van der Waals surface area contributed by atoms with Gasteiger partial charge in [-0.2, -0.15) is 4.98 Å². The van der Waals surface area contributed by atoms with Gasteiger partial charge in [-0.25, -0.2) is 19.9 Å². The van der Waals surface area contributed by atoms with Crippen LogP contribution in [0.25, 0.3) is 22.2 Å². The molecule has 14 nitrogen and oxygen atoms in total. The molecule has 9 rings (SSSR count). The van der Waals surface area contributed by atoms with Gasteiger partial charge in [-0.1, -0.05) is 123 Å². The van der Waals surface area contributed by atoms with E-state index in [0.29, 0.717) is 49.2 Å². The number of oxime groups is 1. The lowest BCUT2D eigenvalue weighted by atomic mass is 10.1. The van der Waals surface area contributed by atoms with Gasteiger partial charge >= 0.3 is 11.9 Å². The molecular weight excluding hydrogens is 1110 g/mol. The van der Waals surface area contributed by atoms with Crippen LogP contribution in [0.1, 0.15) is 36.7 Å². The van der Waals surface area contributed by atoms with Crippen LogP contribution < -0.4 is 21.5 Å². The number of thiophene rings is 2. The SMILES string of the molecule is Cc1cccc(-c2noc(-c3cccs3)n2)c1.N/C(=N\OC(=O)Cc1cccs1)c1ccc(Cl)cc1.O=C(Nc1ccc(Cl)c(Cl)c1)c1ccccc1Br.O=C1C=C([O-])N=C(SCC(=O)c2ccccc2)[NH2+]1. The van der Waals surface area contributed by atoms with Crippen molar-refractivity contribution < 1.29 is 39.0 Å². The van der Waals surface area contributed by atoms with Crippen molar-refractivity contribution in [2.45, 2.75) is 13.3 Å². The van der Waals surface area contributed by atoms with Gasteiger partial charge in [0.15, 0.2) is 11.6 Å². The van der Waals surface area contributed by atoms with E-state index in [4.69, 9.17) is 49.9 Å². The van der Waals surface area contributed by atoms with Crippen LogP contribution in [0.5, 0.6) is 0 Å². The normalized spacial score (nSPS) is 11.8. The van der Waals surface area contributed by atoms with Crippen molar-refractivity contribution in [3.63, 3.8) is 0 Å². The Morgan fingerprint density at radius 1 is 0.847 bits per heavy atom. The second-order valence-corrected chi connectivity index (χ2v) is 19.7. The Kier molecular flexibility index (Phi) is 21.0. The number of halogens is 4. The highest BCUT2D eigenvalue weighted by atomic mass is 79.9. The smallest absolute Gasteiger partial charge is 0.343 e. The summed E-state index contributed by atoms with van der Waals surface area (Å²) in [6, 6.07) is 43.5. The number of benzene rings is 5. The standard InChI is InChI=1S/C13H8BrCl2NO.C13H11ClN2O2S.C13H10N2OS.C12H10N2O3S/c14-10-4-2-1-3-9(10)13(18)17-8-5-6-11(15)12(16)7-8;14-10-5-3-9(4-6-10)13(15)16-18-12(17)8-11-2-1-7-19-11;1-9-4-2-5-10(8-9)12-14-13(16-15-12)11-6-3-7-17-11;15-9(8-4-2-1-3-5-8)7-18-12-13-10(16)6-11(17)14-12/h1-7H,(H,17,18);1-7H,8H2,(H2,15,16);2-8H,1H3;1-6H,7H2,(H2,13,14,16,17). The molecule has 4 heterocycles. The molecule has 0 saturated heterocycles. The Hall–Kier alpha value is -6.74. The fourth-order valence-corrected chi connectivity index (χ4v) is 8.81. The van der Waals surface area contributed by atoms with Gasteiger partial charge in [-0.15, -0.1) is 22.7 Å². The molecule has 0 fully saturated rings. The molecule has 0 aliphatic carbocycles. The third-order valence-corrected chi connectivity index (χ3v) is 13.5. The van der Waals surface area contributed by atoms with Crippen molar-refractivity contribution in [2.75, 3.05) is 11.1 Å². The van der Waals surface area contributed by atoms with Crippen LogP contribution in [0.4, 0.5) is 5.69 Å². The molecule has 21 heteroatoms. The molecule has 366 valence electrons. The summed E-state index contributed by atoms with van der Waals surface area (Å²) in [7, 11) is 0. The maximum Gasteiger partial charge on any atom is 0.343 e. The van der Waals surface area contributed by atoms with E-state index in [2.05, 4.69) is 41.5 Å². The van der Waals surface area contributed by atoms with E-state index in [1.807, 2.05) is 84.4 Å². The number of ketones is 1. The number of Topliss-reactive ketones (excluding diaryl/α,β-unsaturated/α-hetero) is 1. The first-order valence-corrected chi connectivity index (χ1v) is 25.7. The number of nitrogens with zero attached hydrogens (tertiary/aromatic N) is 4. The summed E-state index contributed by atoms with van der Waals surface area (Å²) >= 11 is 24.9. The van der Waals surface area contributed by atoms with E-state index in [1.165, 1.54) is 22.2 Å². The first-order chi connectivity index (χ1) is 34.7. The summed E-state index contributed by atoms with van der Waals surface area (Å²) in [6.07, 6.45) is 1.11. The molecule has 1 aliphatic rings. The number of hydrogen-bond acceptors (Lipinski definition) is 14. The lowest BCUT2D eigenvalue weighted by Crippen LogP contribution is -2.91. The average Bonchev–Trinajstić information content (AvgIpc) is 4.20. The Morgan fingerprint density at radius 2 is 1.58 bits per heavy atom. The van der Waals surface area contributed by atoms with Crippen LogP contribution in [0.15, 0.2) is 187 Å². The van der Waals surface area contributed by atoms with Crippen molar-refractivity contribution >= 4 is 125 Å². The number of amides is 2. The highest BCUT2D eigenvalue weighted by Crippen LogP contribution is 2.27. The maximum atomic E-state index is 12.0. The van der Waals surface area contributed by atoms with Gasteiger partial charge in [-0.3, -0.25) is 9.59 Å². The van der Waals surface area contributed by atoms with Crippen molar-refractivity contribution in [2.24, 2.45) is 15.9 Å². The zero-order valence-corrected chi connectivity index (χ0v) is 43.8. The molecule has 0 unspecified atom stereocenters. The number of quaternary nitrogens is 1. The fraction of sp³-hybridized carbons (Fsp3) is 0.0588. The minimum absolute atomic E-state index is 0.0637. The van der Waals surface area contributed by atoms with Crippen LogP contribution >= 0.6 is 85.2 Å². The number of aliphatic imine (C=N–C) groups is 1. The van der Waals surface area contributed by atoms with Gasteiger partial charge in [0.25, 0.3) is 17.0 Å². The summed E-state index contributed by atoms with van der Waals surface area (Å²) in [6.45, 7) is 2.05. The monoisotopic (exact) mass is 1140 g/mol. The van der Waals surface area contributed by atoms with E-state index in [9.17, 15) is 24.3 Å². The molecule has 8 aromatic rings. The molecule has 0 atom stereocenters. The van der Waals surface area contributed by atoms with Crippen LogP contribution in [0, 0.1) is 6.92 Å². The summed E-state index contributed by atoms with van der Waals surface area (Å²) < 4.78 is 5.99. The lowest BCUT2D eigenvalue weighted by Gasteiger charge is -2.10. The molecule has 0 spiro atoms. The van der Waals surface area contributed by atoms with Gasteiger partial charge < -0.3 is 25.5 Å². The number of aryl methyl sites for hydroxylation is 1. The Morgan fingerprint density at radius 3 is 2.26 bits per heavy atom. The van der Waals surface area contributed by atoms with Gasteiger partial charge in [0, 0.05) is 42.6 Å². The third kappa shape index (κ3) is 17.5. The minimum Gasteiger partial charge on any atom is -0.858 e. The molecule has 5 N–H and O–H groups in total. The molecule has 3 aromatic heterocycles. The van der Waals surface area contributed by atoms with Crippen LogP contribution in [0.3, 0.4) is 0 Å². The molecule has 2 amide bonds. The Balaban J connectivity index is 0.000000157. The van der Waals surface area contributed by atoms with Gasteiger partial charge in [0.05, 0.1) is 38.7 Å². The van der Waals surface area contributed by atoms with Gasteiger partial charge in [-0.05, 0) is 118 Å². The fourth-order valence-electron chi connectivity index (χ4n) is 5.78. The van der Waals surface area contributed by atoms with Crippen molar-refractivity contribution in [1.29, 1.82) is 0 Å². The van der Waals surface area contributed by atoms with E-state index in [1.54, 1.807) is 90.2 Å². The lowest BCUT2D eigenvalue weighted by molar-refractivity contribution is -0.445. The maximum absolute atomic E-state index is 12.0. The largest absolute Gasteiger partial charge is 0.858 e. The zero-order valence-electron chi connectivity index (χ0n) is 37.5. The topological polar surface area (TPSA) is 219 Å². The number of anilines is 1. The molecule has 72 heavy (non-hydrogen) atoms. The number of primary amides is 1. The first-order valence-electron chi connectivity index (χ1n) is 21.0. The summed E-state index contributed by atoms with van der Waals surface area (Å²) in [5.41, 5.74) is 10.3. The number of carbonyl (C=O) groups excluding carboxylic acids is 4. The number of nitrogens with one attached hydrogen (secondary N) is 1. The highest BCUT2D eigenvalue weighted by Gasteiger charge is 2.18. The Labute approximate surface area is 448 Å². The second-order valence-electron chi connectivity index (χ2n) is 14.6. The van der Waals surface area contributed by atoms with E-state index in [-0.39, 0.29) is 40.8 Å². The molecule has 0 radical (unpaired) electrons. The number of hydrogen-bond donors (Lipinski definition) is 3. The number of thioether (sulfide) groups is 1. The molecule has 1 aliphatic heterocycles. The van der Waals surface area contributed by atoms with E-state index >= 15 is 0 Å². The van der Waals surface area contributed by atoms with Gasteiger partial charge in [0.2, 0.25) is 5.82 Å². The van der Waals surface area contributed by atoms with E-state index < -0.39 is 11.9 Å². The second kappa shape index (κ2) is 27.8. The number of aromatic nitrogens is 2. The number of carbonyl (C=O) groups is 4. The number of rotatable bonds is 11. The quantitative estimate of drug-likeness (QED) is 0.0364. The highest BCUT2D eigenvalue weighted by molar-refractivity contribution is 9.10. The van der Waals surface area contributed by atoms with Crippen molar-refractivity contribution in [3.05, 3.63) is 215 Å². The van der Waals surface area contributed by atoms with Crippen molar-refractivity contribution in [1.82, 2.24) is 10.1 Å². The van der Waals surface area contributed by atoms with Crippen LogP contribution in [-0.2, 0) is 20.8 Å². The predicted molar refractivity (Wildman–Crippen MR) is 288 cm³/mol. The summed E-state index contributed by atoms with van der Waals surface area (Å²) in [4.78, 5) is 61.1. The van der Waals surface area contributed by atoms with Crippen LogP contribution in [0.2, 0.25) is 15.1 Å². The van der Waals surface area contributed by atoms with E-state index in [0.717, 1.165) is 37.6 Å². The van der Waals surface area contributed by atoms with Gasteiger partial charge in [0.1, 0.15) is 0 Å². The number of amidine groups is 2.